The highest BCUT2D eigenvalue weighted by atomic mass is 19.4. The van der Waals surface area contributed by atoms with Gasteiger partial charge >= 0.3 is 6.18 Å². The maximum atomic E-state index is 12.7. The molecule has 2 nitrogen and oxygen atoms in total. The van der Waals surface area contributed by atoms with E-state index in [-0.39, 0.29) is 17.5 Å². The van der Waals surface area contributed by atoms with Gasteiger partial charge < -0.3 is 10.5 Å². The van der Waals surface area contributed by atoms with Crippen LogP contribution in [-0.4, -0.2) is 6.10 Å². The number of halogens is 3. The number of hydrogen-bond acceptors (Lipinski definition) is 2. The molecule has 0 radical (unpaired) electrons. The second kappa shape index (κ2) is 5.54. The average molecular weight is 287 g/mol. The molecule has 2 unspecified atom stereocenters. The fourth-order valence-corrected chi connectivity index (χ4v) is 3.02. The molecule has 0 heterocycles. The minimum Gasteiger partial charge on any atom is -0.490 e. The number of hydrogen-bond donors (Lipinski definition) is 1. The molecular formula is C15H20F3NO. The molecule has 2 rings (SSSR count). The summed E-state index contributed by atoms with van der Waals surface area (Å²) in [5.41, 5.74) is 4.85. The van der Waals surface area contributed by atoms with E-state index >= 15 is 0 Å². The molecule has 0 aromatic heterocycles. The first-order valence-electron chi connectivity index (χ1n) is 6.88. The van der Waals surface area contributed by atoms with Crippen molar-refractivity contribution < 1.29 is 17.9 Å². The van der Waals surface area contributed by atoms with E-state index in [1.54, 1.807) is 0 Å². The van der Waals surface area contributed by atoms with Crippen LogP contribution in [0, 0.1) is 11.8 Å². The van der Waals surface area contributed by atoms with Crippen LogP contribution in [-0.2, 0) is 6.18 Å². The summed E-state index contributed by atoms with van der Waals surface area (Å²) in [7, 11) is 0. The van der Waals surface area contributed by atoms with Gasteiger partial charge in [-0.05, 0) is 43.2 Å². The van der Waals surface area contributed by atoms with Crippen molar-refractivity contribution in [2.24, 2.45) is 11.8 Å². The van der Waals surface area contributed by atoms with E-state index in [1.165, 1.54) is 6.07 Å². The Morgan fingerprint density at radius 2 is 1.65 bits per heavy atom. The third-order valence-electron chi connectivity index (χ3n) is 3.69. The lowest BCUT2D eigenvalue weighted by Crippen LogP contribution is -2.28. The third kappa shape index (κ3) is 3.81. The van der Waals surface area contributed by atoms with Gasteiger partial charge in [-0.3, -0.25) is 0 Å². The molecule has 2 atom stereocenters. The summed E-state index contributed by atoms with van der Waals surface area (Å²) >= 11 is 0. The summed E-state index contributed by atoms with van der Waals surface area (Å²) in [5.74, 6) is 1.28. The third-order valence-corrected chi connectivity index (χ3v) is 3.69. The van der Waals surface area contributed by atoms with Crippen molar-refractivity contribution >= 4 is 5.69 Å². The molecule has 0 amide bonds. The van der Waals surface area contributed by atoms with Crippen molar-refractivity contribution in [3.8, 4) is 5.75 Å². The molecule has 1 fully saturated rings. The van der Waals surface area contributed by atoms with Crippen LogP contribution in [0.4, 0.5) is 18.9 Å². The summed E-state index contributed by atoms with van der Waals surface area (Å²) < 4.78 is 44.0. The number of nitrogen functional groups attached to an aromatic ring is 1. The normalized spacial score (nSPS) is 27.4. The van der Waals surface area contributed by atoms with Crippen LogP contribution >= 0.6 is 0 Å². The lowest BCUT2D eigenvalue weighted by atomic mass is 9.82. The predicted molar refractivity (Wildman–Crippen MR) is 72.5 cm³/mol. The summed E-state index contributed by atoms with van der Waals surface area (Å²) in [6, 6.07) is 3.42. The van der Waals surface area contributed by atoms with Gasteiger partial charge in [0.1, 0.15) is 5.75 Å². The second-order valence-corrected chi connectivity index (χ2v) is 5.95. The van der Waals surface area contributed by atoms with Gasteiger partial charge in [-0.25, -0.2) is 0 Å². The van der Waals surface area contributed by atoms with E-state index in [0.717, 1.165) is 31.4 Å². The number of alkyl halides is 3. The van der Waals surface area contributed by atoms with E-state index in [9.17, 15) is 13.2 Å². The van der Waals surface area contributed by atoms with Gasteiger partial charge in [0.25, 0.3) is 0 Å². The summed E-state index contributed by atoms with van der Waals surface area (Å²) in [6.07, 6.45) is -1.54. The Bertz CT molecular complexity index is 463. The Hall–Kier alpha value is -1.39. The highest BCUT2D eigenvalue weighted by Crippen LogP contribution is 2.36. The van der Waals surface area contributed by atoms with Crippen LogP contribution in [0.5, 0.6) is 5.75 Å². The lowest BCUT2D eigenvalue weighted by molar-refractivity contribution is -0.137. The van der Waals surface area contributed by atoms with Gasteiger partial charge in [-0.15, -0.1) is 0 Å². The van der Waals surface area contributed by atoms with Crippen LogP contribution in [0.25, 0.3) is 0 Å². The fourth-order valence-electron chi connectivity index (χ4n) is 3.02. The van der Waals surface area contributed by atoms with Crippen molar-refractivity contribution in [3.05, 3.63) is 23.8 Å². The highest BCUT2D eigenvalue weighted by molar-refractivity contribution is 5.48. The van der Waals surface area contributed by atoms with Crippen molar-refractivity contribution in [2.75, 3.05) is 5.73 Å². The molecule has 112 valence electrons. The molecule has 1 aliphatic rings. The SMILES string of the molecule is CC1CC(C)CC(Oc2cc(N)cc(C(F)(F)F)c2)C1. The van der Waals surface area contributed by atoms with Crippen molar-refractivity contribution in [3.63, 3.8) is 0 Å². The van der Waals surface area contributed by atoms with Crippen molar-refractivity contribution in [1.82, 2.24) is 0 Å². The van der Waals surface area contributed by atoms with Crippen LogP contribution in [0.1, 0.15) is 38.7 Å². The smallest absolute Gasteiger partial charge is 0.416 e. The van der Waals surface area contributed by atoms with Crippen LogP contribution < -0.4 is 10.5 Å². The van der Waals surface area contributed by atoms with Crippen LogP contribution in [0.2, 0.25) is 0 Å². The Balaban J connectivity index is 2.15. The van der Waals surface area contributed by atoms with Gasteiger partial charge in [0.15, 0.2) is 0 Å². The Morgan fingerprint density at radius 3 is 2.20 bits per heavy atom. The van der Waals surface area contributed by atoms with Gasteiger partial charge in [0, 0.05) is 11.8 Å². The number of benzene rings is 1. The molecule has 5 heteroatoms. The zero-order valence-electron chi connectivity index (χ0n) is 11.7. The molecule has 1 aromatic rings. The van der Waals surface area contributed by atoms with Crippen molar-refractivity contribution in [2.45, 2.75) is 45.4 Å². The molecule has 0 aliphatic heterocycles. The van der Waals surface area contributed by atoms with Crippen LogP contribution in [0.15, 0.2) is 18.2 Å². The minimum atomic E-state index is -4.40. The van der Waals surface area contributed by atoms with Gasteiger partial charge in [0.05, 0.1) is 11.7 Å². The Labute approximate surface area is 117 Å². The number of rotatable bonds is 2. The first-order valence-corrected chi connectivity index (χ1v) is 6.88. The molecule has 1 aromatic carbocycles. The zero-order valence-corrected chi connectivity index (χ0v) is 11.7. The molecule has 20 heavy (non-hydrogen) atoms. The van der Waals surface area contributed by atoms with Gasteiger partial charge in [0.2, 0.25) is 0 Å². The summed E-state index contributed by atoms with van der Waals surface area (Å²) in [5, 5.41) is 0. The maximum Gasteiger partial charge on any atom is 0.416 e. The zero-order chi connectivity index (χ0) is 14.9. The average Bonchev–Trinajstić information content (AvgIpc) is 2.25. The molecule has 0 saturated heterocycles. The number of ether oxygens (including phenoxy) is 1. The predicted octanol–water partition coefficient (Wildman–Crippen LogP) is 4.49. The van der Waals surface area contributed by atoms with Crippen molar-refractivity contribution in [1.29, 1.82) is 0 Å². The lowest BCUT2D eigenvalue weighted by Gasteiger charge is -2.31. The number of nitrogens with two attached hydrogens (primary N) is 1. The molecule has 2 N–H and O–H groups in total. The first-order chi connectivity index (χ1) is 9.24. The van der Waals surface area contributed by atoms with Crippen LogP contribution in [0.3, 0.4) is 0 Å². The van der Waals surface area contributed by atoms with Gasteiger partial charge in [-0.1, -0.05) is 13.8 Å². The number of anilines is 1. The largest absolute Gasteiger partial charge is 0.490 e. The van der Waals surface area contributed by atoms with E-state index < -0.39 is 11.7 Å². The molecule has 1 aliphatic carbocycles. The fraction of sp³-hybridized carbons (Fsp3) is 0.600. The Morgan fingerprint density at radius 1 is 1.05 bits per heavy atom. The molecule has 0 bridgehead atoms. The van der Waals surface area contributed by atoms with E-state index in [4.69, 9.17) is 10.5 Å². The van der Waals surface area contributed by atoms with E-state index in [0.29, 0.717) is 11.8 Å². The van der Waals surface area contributed by atoms with E-state index in [2.05, 4.69) is 13.8 Å². The minimum absolute atomic E-state index is 0.0309. The summed E-state index contributed by atoms with van der Waals surface area (Å²) in [4.78, 5) is 0. The topological polar surface area (TPSA) is 35.2 Å². The maximum absolute atomic E-state index is 12.7. The molecule has 1 saturated carbocycles. The standard InChI is InChI=1S/C15H20F3NO/c1-9-3-10(2)5-13(4-9)20-14-7-11(15(16,17)18)6-12(19)8-14/h6-10,13H,3-5,19H2,1-2H3. The quantitative estimate of drug-likeness (QED) is 0.813. The Kier molecular flexibility index (Phi) is 4.16. The second-order valence-electron chi connectivity index (χ2n) is 5.95. The molecular weight excluding hydrogens is 267 g/mol. The monoisotopic (exact) mass is 287 g/mol. The first kappa shape index (κ1) is 15.0. The molecule has 0 spiro atoms. The van der Waals surface area contributed by atoms with Gasteiger partial charge in [-0.2, -0.15) is 13.2 Å². The van der Waals surface area contributed by atoms with E-state index in [1.807, 2.05) is 0 Å². The summed E-state index contributed by atoms with van der Waals surface area (Å²) in [6.45, 7) is 4.29. The highest BCUT2D eigenvalue weighted by Gasteiger charge is 2.32.